The summed E-state index contributed by atoms with van der Waals surface area (Å²) < 4.78 is 0. The van der Waals surface area contributed by atoms with E-state index in [4.69, 9.17) is 0 Å². The summed E-state index contributed by atoms with van der Waals surface area (Å²) in [4.78, 5) is 28.4. The van der Waals surface area contributed by atoms with Gasteiger partial charge in [-0.15, -0.1) is 0 Å². The molecule has 1 aliphatic heterocycles. The number of amides is 2. The highest BCUT2D eigenvalue weighted by atomic mass is 16.2. The van der Waals surface area contributed by atoms with E-state index in [2.05, 4.69) is 12.1 Å². The maximum Gasteiger partial charge on any atom is 0.253 e. The quantitative estimate of drug-likeness (QED) is 0.854. The average molecular weight is 328 g/mol. The molecule has 2 fully saturated rings. The van der Waals surface area contributed by atoms with E-state index in [-0.39, 0.29) is 17.7 Å². The van der Waals surface area contributed by atoms with E-state index in [1.807, 2.05) is 17.0 Å². The summed E-state index contributed by atoms with van der Waals surface area (Å²) in [7, 11) is 3.60. The highest BCUT2D eigenvalue weighted by Gasteiger charge is 2.29. The van der Waals surface area contributed by atoms with Crippen molar-refractivity contribution in [3.8, 4) is 0 Å². The number of carbonyl (C=O) groups excluding carboxylic acids is 2. The molecule has 24 heavy (non-hydrogen) atoms. The van der Waals surface area contributed by atoms with Crippen molar-refractivity contribution in [2.24, 2.45) is 5.92 Å². The maximum atomic E-state index is 12.8. The molecule has 0 spiro atoms. The van der Waals surface area contributed by atoms with Gasteiger partial charge in [-0.3, -0.25) is 9.59 Å². The monoisotopic (exact) mass is 328 g/mol. The molecule has 0 unspecified atom stereocenters. The zero-order valence-electron chi connectivity index (χ0n) is 14.8. The van der Waals surface area contributed by atoms with Crippen LogP contribution in [0.3, 0.4) is 0 Å². The van der Waals surface area contributed by atoms with Crippen molar-refractivity contribution in [3.05, 3.63) is 35.4 Å². The van der Waals surface area contributed by atoms with Crippen molar-refractivity contribution in [3.63, 3.8) is 0 Å². The first-order valence-electron chi connectivity index (χ1n) is 9.16. The summed E-state index contributed by atoms with van der Waals surface area (Å²) in [5.41, 5.74) is 2.12. The normalized spacial score (nSPS) is 19.5. The number of hydrogen-bond acceptors (Lipinski definition) is 2. The van der Waals surface area contributed by atoms with Gasteiger partial charge in [0.2, 0.25) is 5.91 Å². The van der Waals surface area contributed by atoms with Crippen LogP contribution in [0.4, 0.5) is 0 Å². The van der Waals surface area contributed by atoms with Gasteiger partial charge in [-0.05, 0) is 49.3 Å². The van der Waals surface area contributed by atoms with Crippen LogP contribution in [-0.2, 0) is 4.79 Å². The van der Waals surface area contributed by atoms with E-state index in [1.54, 1.807) is 19.0 Å². The van der Waals surface area contributed by atoms with Crippen LogP contribution in [0.25, 0.3) is 0 Å². The topological polar surface area (TPSA) is 40.6 Å². The fourth-order valence-electron chi connectivity index (χ4n) is 4.06. The van der Waals surface area contributed by atoms with Gasteiger partial charge >= 0.3 is 0 Å². The standard InChI is InChI=1S/C20H28N2O2/c1-21(2)19(23)16-10-12-22(13-11-16)20(24)18-9-5-8-17(14-18)15-6-3-4-7-15/h5,8-9,14-16H,3-4,6-7,10-13H2,1-2H3. The molecule has 0 bridgehead atoms. The Labute approximate surface area is 144 Å². The van der Waals surface area contributed by atoms with E-state index in [9.17, 15) is 9.59 Å². The summed E-state index contributed by atoms with van der Waals surface area (Å²) in [6.45, 7) is 1.35. The van der Waals surface area contributed by atoms with Gasteiger partial charge in [0.25, 0.3) is 5.91 Å². The zero-order valence-corrected chi connectivity index (χ0v) is 14.8. The molecule has 1 saturated carbocycles. The number of likely N-dealkylation sites (tertiary alicyclic amines) is 1. The van der Waals surface area contributed by atoms with Gasteiger partial charge in [0.15, 0.2) is 0 Å². The molecule has 0 atom stereocenters. The molecule has 1 aliphatic carbocycles. The number of carbonyl (C=O) groups is 2. The molecule has 1 aromatic carbocycles. The lowest BCUT2D eigenvalue weighted by Crippen LogP contribution is -2.42. The molecule has 1 heterocycles. The Balaban J connectivity index is 1.63. The number of rotatable bonds is 3. The molecule has 2 amide bonds. The van der Waals surface area contributed by atoms with E-state index >= 15 is 0 Å². The third-order valence-corrected chi connectivity index (χ3v) is 5.53. The van der Waals surface area contributed by atoms with Crippen LogP contribution in [0.2, 0.25) is 0 Å². The first-order valence-corrected chi connectivity index (χ1v) is 9.16. The molecule has 0 N–H and O–H groups in total. The fourth-order valence-corrected chi connectivity index (χ4v) is 4.06. The summed E-state index contributed by atoms with van der Waals surface area (Å²) in [6.07, 6.45) is 6.63. The second-order valence-corrected chi connectivity index (χ2v) is 7.41. The molecule has 1 saturated heterocycles. The minimum atomic E-state index is 0.0638. The maximum absolute atomic E-state index is 12.8. The van der Waals surface area contributed by atoms with Crippen molar-refractivity contribution >= 4 is 11.8 Å². The van der Waals surface area contributed by atoms with Gasteiger partial charge in [0, 0.05) is 38.7 Å². The van der Waals surface area contributed by atoms with Crippen LogP contribution in [-0.4, -0.2) is 48.8 Å². The number of piperidine rings is 1. The number of benzene rings is 1. The molecule has 2 aliphatic rings. The first-order chi connectivity index (χ1) is 11.6. The highest BCUT2D eigenvalue weighted by Crippen LogP contribution is 2.34. The van der Waals surface area contributed by atoms with E-state index in [0.29, 0.717) is 19.0 Å². The lowest BCUT2D eigenvalue weighted by atomic mass is 9.93. The van der Waals surface area contributed by atoms with Crippen LogP contribution in [0.1, 0.15) is 60.4 Å². The molecule has 1 aromatic rings. The Morgan fingerprint density at radius 1 is 1.04 bits per heavy atom. The predicted octanol–water partition coefficient (Wildman–Crippen LogP) is 3.28. The summed E-state index contributed by atoms with van der Waals surface area (Å²) in [5, 5.41) is 0. The molecule has 4 nitrogen and oxygen atoms in total. The molecule has 0 radical (unpaired) electrons. The largest absolute Gasteiger partial charge is 0.349 e. The van der Waals surface area contributed by atoms with Crippen LogP contribution < -0.4 is 0 Å². The lowest BCUT2D eigenvalue weighted by Gasteiger charge is -2.32. The Hall–Kier alpha value is -1.84. The van der Waals surface area contributed by atoms with Gasteiger partial charge in [-0.1, -0.05) is 25.0 Å². The molecular weight excluding hydrogens is 300 g/mol. The Morgan fingerprint density at radius 2 is 1.71 bits per heavy atom. The third-order valence-electron chi connectivity index (χ3n) is 5.53. The van der Waals surface area contributed by atoms with Gasteiger partial charge in [0.1, 0.15) is 0 Å². The summed E-state index contributed by atoms with van der Waals surface area (Å²) in [5.74, 6) is 0.992. The molecule has 130 valence electrons. The molecule has 4 heteroatoms. The second kappa shape index (κ2) is 7.37. The van der Waals surface area contributed by atoms with Crippen molar-refractivity contribution in [2.75, 3.05) is 27.2 Å². The van der Waals surface area contributed by atoms with Crippen LogP contribution in [0.5, 0.6) is 0 Å². The van der Waals surface area contributed by atoms with Crippen LogP contribution in [0, 0.1) is 5.92 Å². The van der Waals surface area contributed by atoms with E-state index < -0.39 is 0 Å². The SMILES string of the molecule is CN(C)C(=O)C1CCN(C(=O)c2cccc(C3CCCC3)c2)CC1. The smallest absolute Gasteiger partial charge is 0.253 e. The Kier molecular flexibility index (Phi) is 5.22. The van der Waals surface area contributed by atoms with Gasteiger partial charge in [-0.2, -0.15) is 0 Å². The lowest BCUT2D eigenvalue weighted by molar-refractivity contribution is -0.134. The van der Waals surface area contributed by atoms with Crippen molar-refractivity contribution < 1.29 is 9.59 Å². The summed E-state index contributed by atoms with van der Waals surface area (Å²) in [6, 6.07) is 8.20. The van der Waals surface area contributed by atoms with Crippen molar-refractivity contribution in [1.29, 1.82) is 0 Å². The predicted molar refractivity (Wildman–Crippen MR) is 95.0 cm³/mol. The van der Waals surface area contributed by atoms with E-state index in [1.165, 1.54) is 31.2 Å². The number of nitrogens with zero attached hydrogens (tertiary/aromatic N) is 2. The highest BCUT2D eigenvalue weighted by molar-refractivity contribution is 5.94. The van der Waals surface area contributed by atoms with Crippen LogP contribution in [0.15, 0.2) is 24.3 Å². The van der Waals surface area contributed by atoms with Crippen LogP contribution >= 0.6 is 0 Å². The molecule has 3 rings (SSSR count). The zero-order chi connectivity index (χ0) is 17.1. The molecular formula is C20H28N2O2. The van der Waals surface area contributed by atoms with Crippen molar-refractivity contribution in [2.45, 2.75) is 44.4 Å². The third kappa shape index (κ3) is 3.63. The minimum Gasteiger partial charge on any atom is -0.349 e. The number of hydrogen-bond donors (Lipinski definition) is 0. The van der Waals surface area contributed by atoms with Gasteiger partial charge in [0.05, 0.1) is 0 Å². The summed E-state index contributed by atoms with van der Waals surface area (Å²) >= 11 is 0. The van der Waals surface area contributed by atoms with Crippen molar-refractivity contribution in [1.82, 2.24) is 9.80 Å². The minimum absolute atomic E-state index is 0.0638. The molecule has 0 aromatic heterocycles. The van der Waals surface area contributed by atoms with Gasteiger partial charge in [-0.25, -0.2) is 0 Å². The first kappa shape index (κ1) is 17.0. The fraction of sp³-hybridized carbons (Fsp3) is 0.600. The Morgan fingerprint density at radius 3 is 2.33 bits per heavy atom. The average Bonchev–Trinajstić information content (AvgIpc) is 3.15. The second-order valence-electron chi connectivity index (χ2n) is 7.41. The van der Waals surface area contributed by atoms with Gasteiger partial charge < -0.3 is 9.80 Å². The Bertz CT molecular complexity index is 597. The van der Waals surface area contributed by atoms with E-state index in [0.717, 1.165) is 18.4 Å².